The molecule has 1 aliphatic heterocycles. The molecule has 1 aromatic heterocycles. The summed E-state index contributed by atoms with van der Waals surface area (Å²) in [7, 11) is 0. The van der Waals surface area contributed by atoms with E-state index in [-0.39, 0.29) is 12.2 Å². The van der Waals surface area contributed by atoms with E-state index < -0.39 is 0 Å². The lowest BCUT2D eigenvalue weighted by atomic mass is 9.60. The maximum absolute atomic E-state index is 12.0. The summed E-state index contributed by atoms with van der Waals surface area (Å²) in [6.07, 6.45) is 12.9. The lowest BCUT2D eigenvalue weighted by molar-refractivity contribution is 0.00102. The molecule has 1 amide bonds. The second kappa shape index (κ2) is 7.32. The molecule has 0 bridgehead atoms. The number of nitrogens with zero attached hydrogens (tertiary/aromatic N) is 2. The number of amides is 1. The highest BCUT2D eigenvalue weighted by Gasteiger charge is 2.46. The highest BCUT2D eigenvalue weighted by Crippen LogP contribution is 2.49. The molecule has 25 heavy (non-hydrogen) atoms. The van der Waals surface area contributed by atoms with Crippen LogP contribution in [-0.4, -0.2) is 41.2 Å². The van der Waals surface area contributed by atoms with Gasteiger partial charge < -0.3 is 10.1 Å². The summed E-state index contributed by atoms with van der Waals surface area (Å²) in [5.74, 6) is 0. The number of hydrogen-bond acceptors (Lipinski definition) is 4. The van der Waals surface area contributed by atoms with Crippen LogP contribution in [0.1, 0.15) is 56.9 Å². The summed E-state index contributed by atoms with van der Waals surface area (Å²) in [5, 5.41) is 3.08. The summed E-state index contributed by atoms with van der Waals surface area (Å²) in [6.45, 7) is 3.29. The van der Waals surface area contributed by atoms with Gasteiger partial charge in [-0.1, -0.05) is 6.07 Å². The number of alkyl carbamates (subject to hydrolysis) is 1. The summed E-state index contributed by atoms with van der Waals surface area (Å²) in [5.41, 5.74) is 1.75. The molecule has 1 saturated heterocycles. The van der Waals surface area contributed by atoms with Crippen molar-refractivity contribution in [3.05, 3.63) is 30.1 Å². The Kier molecular flexibility index (Phi) is 4.93. The normalized spacial score (nSPS) is 24.2. The van der Waals surface area contributed by atoms with Gasteiger partial charge >= 0.3 is 6.09 Å². The van der Waals surface area contributed by atoms with E-state index in [0.717, 1.165) is 45.3 Å². The predicted molar refractivity (Wildman–Crippen MR) is 96.1 cm³/mol. The van der Waals surface area contributed by atoms with Crippen LogP contribution in [0.5, 0.6) is 0 Å². The minimum absolute atomic E-state index is 0.157. The van der Waals surface area contributed by atoms with Crippen molar-refractivity contribution in [1.82, 2.24) is 15.2 Å². The molecule has 5 nitrogen and oxygen atoms in total. The third kappa shape index (κ3) is 4.14. The minimum atomic E-state index is -0.194. The fourth-order valence-corrected chi connectivity index (χ4v) is 4.79. The molecule has 4 rings (SSSR count). The van der Waals surface area contributed by atoms with Crippen molar-refractivity contribution in [1.29, 1.82) is 0 Å². The molecule has 1 N–H and O–H groups in total. The van der Waals surface area contributed by atoms with Crippen LogP contribution in [-0.2, 0) is 11.3 Å². The summed E-state index contributed by atoms with van der Waals surface area (Å²) < 4.78 is 5.51. The smallest absolute Gasteiger partial charge is 0.407 e. The first-order valence-electron chi connectivity index (χ1n) is 9.79. The first kappa shape index (κ1) is 16.8. The van der Waals surface area contributed by atoms with E-state index >= 15 is 0 Å². The van der Waals surface area contributed by atoms with Crippen molar-refractivity contribution in [2.45, 2.75) is 70.1 Å². The number of rotatable bonds is 4. The molecule has 0 unspecified atom stereocenters. The van der Waals surface area contributed by atoms with Crippen LogP contribution in [0.4, 0.5) is 4.79 Å². The van der Waals surface area contributed by atoms with Crippen LogP contribution in [0.3, 0.4) is 0 Å². The zero-order valence-electron chi connectivity index (χ0n) is 15.0. The molecule has 1 spiro atoms. The number of carbonyl (C=O) groups excluding carboxylic acids is 1. The predicted octanol–water partition coefficient (Wildman–Crippen LogP) is 3.50. The van der Waals surface area contributed by atoms with E-state index in [2.05, 4.69) is 21.3 Å². The molecule has 0 radical (unpaired) electrons. The zero-order chi connectivity index (χ0) is 17.1. The Hall–Kier alpha value is -1.62. The van der Waals surface area contributed by atoms with Crippen molar-refractivity contribution >= 4 is 6.09 Å². The van der Waals surface area contributed by atoms with Gasteiger partial charge in [0.15, 0.2) is 0 Å². The third-order valence-corrected chi connectivity index (χ3v) is 6.30. The first-order valence-corrected chi connectivity index (χ1v) is 9.79. The van der Waals surface area contributed by atoms with Gasteiger partial charge in [0.2, 0.25) is 0 Å². The molecule has 136 valence electrons. The number of ether oxygens (including phenoxy) is 1. The van der Waals surface area contributed by atoms with E-state index in [4.69, 9.17) is 4.74 Å². The van der Waals surface area contributed by atoms with E-state index in [1.807, 2.05) is 18.5 Å². The van der Waals surface area contributed by atoms with Crippen molar-refractivity contribution in [2.75, 3.05) is 13.1 Å². The van der Waals surface area contributed by atoms with Crippen molar-refractivity contribution in [3.8, 4) is 0 Å². The Bertz CT molecular complexity index is 570. The first-order chi connectivity index (χ1) is 12.2. The quantitative estimate of drug-likeness (QED) is 0.909. The Morgan fingerprint density at radius 1 is 1.28 bits per heavy atom. The van der Waals surface area contributed by atoms with Crippen molar-refractivity contribution in [3.63, 3.8) is 0 Å². The van der Waals surface area contributed by atoms with Gasteiger partial charge in [-0.3, -0.25) is 9.88 Å². The molecule has 0 atom stereocenters. The van der Waals surface area contributed by atoms with Crippen molar-refractivity contribution in [2.24, 2.45) is 5.41 Å². The highest BCUT2D eigenvalue weighted by molar-refractivity contribution is 5.68. The summed E-state index contributed by atoms with van der Waals surface area (Å²) in [4.78, 5) is 18.7. The maximum atomic E-state index is 12.0. The van der Waals surface area contributed by atoms with Crippen LogP contribution >= 0.6 is 0 Å². The van der Waals surface area contributed by atoms with Crippen LogP contribution in [0, 0.1) is 5.41 Å². The number of piperidine rings is 1. The molecule has 2 aliphatic carbocycles. The van der Waals surface area contributed by atoms with Gasteiger partial charge in [-0.15, -0.1) is 0 Å². The van der Waals surface area contributed by atoms with Crippen LogP contribution in [0.15, 0.2) is 24.5 Å². The van der Waals surface area contributed by atoms with Gasteiger partial charge in [0, 0.05) is 25.0 Å². The van der Waals surface area contributed by atoms with Crippen LogP contribution < -0.4 is 5.32 Å². The van der Waals surface area contributed by atoms with Gasteiger partial charge in [0.1, 0.15) is 6.10 Å². The van der Waals surface area contributed by atoms with Gasteiger partial charge in [-0.25, -0.2) is 4.79 Å². The molecular formula is C20H29N3O2. The highest BCUT2D eigenvalue weighted by atomic mass is 16.6. The maximum Gasteiger partial charge on any atom is 0.407 e. The topological polar surface area (TPSA) is 54.5 Å². The number of hydrogen-bond donors (Lipinski definition) is 1. The lowest BCUT2D eigenvalue weighted by Gasteiger charge is -2.52. The number of aromatic nitrogens is 1. The molecule has 5 heteroatoms. The zero-order valence-corrected chi connectivity index (χ0v) is 15.0. The fourth-order valence-electron chi connectivity index (χ4n) is 4.79. The number of carbonyl (C=O) groups is 1. The number of nitrogens with one attached hydrogen (secondary N) is 1. The largest absolute Gasteiger partial charge is 0.446 e. The molecule has 0 aromatic carbocycles. The Labute approximate surface area is 150 Å². The lowest BCUT2D eigenvalue weighted by Crippen LogP contribution is -2.55. The minimum Gasteiger partial charge on any atom is -0.446 e. The van der Waals surface area contributed by atoms with Crippen molar-refractivity contribution < 1.29 is 9.53 Å². The van der Waals surface area contributed by atoms with Gasteiger partial charge in [-0.2, -0.15) is 0 Å². The van der Waals surface area contributed by atoms with Gasteiger partial charge in [0.05, 0.1) is 0 Å². The molecule has 2 saturated carbocycles. The number of likely N-dealkylation sites (tertiary alicyclic amines) is 1. The average molecular weight is 343 g/mol. The SMILES string of the molecule is O=C(NC1CC2(CCN(Cc3cccnc3)CC2)C1)OC1CCCC1. The monoisotopic (exact) mass is 343 g/mol. The Morgan fingerprint density at radius 2 is 2.04 bits per heavy atom. The van der Waals surface area contributed by atoms with Gasteiger partial charge in [0.25, 0.3) is 0 Å². The molecule has 3 fully saturated rings. The van der Waals surface area contributed by atoms with E-state index in [9.17, 15) is 4.79 Å². The van der Waals surface area contributed by atoms with Crippen LogP contribution in [0.25, 0.3) is 0 Å². The number of pyridine rings is 1. The van der Waals surface area contributed by atoms with E-state index in [0.29, 0.717) is 11.5 Å². The molecular weight excluding hydrogens is 314 g/mol. The summed E-state index contributed by atoms with van der Waals surface area (Å²) >= 11 is 0. The Balaban J connectivity index is 1.17. The Morgan fingerprint density at radius 3 is 2.72 bits per heavy atom. The second-order valence-electron chi connectivity index (χ2n) is 8.20. The van der Waals surface area contributed by atoms with E-state index in [1.165, 1.54) is 31.2 Å². The second-order valence-corrected chi connectivity index (χ2v) is 8.20. The van der Waals surface area contributed by atoms with Gasteiger partial charge in [-0.05, 0) is 81.5 Å². The summed E-state index contributed by atoms with van der Waals surface area (Å²) in [6, 6.07) is 4.48. The molecule has 2 heterocycles. The molecule has 1 aromatic rings. The standard InChI is InChI=1S/C20H29N3O2/c24-19(25-18-5-1-2-6-18)22-17-12-20(13-17)7-10-23(11-8-20)15-16-4-3-9-21-14-16/h3-4,9,14,17-18H,1-2,5-8,10-13,15H2,(H,22,24). The third-order valence-electron chi connectivity index (χ3n) is 6.30. The molecule has 3 aliphatic rings. The average Bonchev–Trinajstić information content (AvgIpc) is 3.09. The van der Waals surface area contributed by atoms with E-state index in [1.54, 1.807) is 0 Å². The fraction of sp³-hybridized carbons (Fsp3) is 0.700. The van der Waals surface area contributed by atoms with Crippen LogP contribution in [0.2, 0.25) is 0 Å².